The third kappa shape index (κ3) is 7.58. The minimum absolute atomic E-state index is 0. The van der Waals surface area contributed by atoms with Gasteiger partial charge in [0.05, 0.1) is 12.9 Å². The quantitative estimate of drug-likeness (QED) is 0.313. The van der Waals surface area contributed by atoms with Crippen LogP contribution in [0.3, 0.4) is 0 Å². The zero-order valence-electron chi connectivity index (χ0n) is 18.6. The van der Waals surface area contributed by atoms with Gasteiger partial charge in [0.25, 0.3) is 0 Å². The second-order valence-electron chi connectivity index (χ2n) is 8.46. The van der Waals surface area contributed by atoms with Gasteiger partial charge in [-0.25, -0.2) is 9.98 Å². The summed E-state index contributed by atoms with van der Waals surface area (Å²) >= 11 is 0. The standard InChI is InChI=1S/C23H36N6.HI/c1-4-25-22(27-18-23(2,3)29-12-6-5-7-13-29)26-16-20-9-8-10-21(15-20)17-28-14-11-24-19-28;/h8-11,14-15,19H,4-7,12-13,16-18H2,1-3H3,(H2,25,26,27);1H. The zero-order chi connectivity index (χ0) is 20.5. The Bertz CT molecular complexity index is 766. The number of guanidine groups is 1. The van der Waals surface area contributed by atoms with Gasteiger partial charge in [-0.15, -0.1) is 24.0 Å². The molecule has 166 valence electrons. The number of aliphatic imine (C=N–C) groups is 1. The van der Waals surface area contributed by atoms with E-state index in [1.165, 1.54) is 43.5 Å². The van der Waals surface area contributed by atoms with Crippen LogP contribution in [0, 0.1) is 0 Å². The molecule has 0 bridgehead atoms. The Morgan fingerprint density at radius 3 is 2.60 bits per heavy atom. The van der Waals surface area contributed by atoms with Gasteiger partial charge >= 0.3 is 0 Å². The average Bonchev–Trinajstić information content (AvgIpc) is 3.24. The monoisotopic (exact) mass is 524 g/mol. The normalized spacial score (nSPS) is 15.5. The summed E-state index contributed by atoms with van der Waals surface area (Å²) in [5.74, 6) is 0.887. The van der Waals surface area contributed by atoms with Gasteiger partial charge in [-0.05, 0) is 57.8 Å². The third-order valence-corrected chi connectivity index (χ3v) is 5.58. The summed E-state index contributed by atoms with van der Waals surface area (Å²) in [7, 11) is 0. The van der Waals surface area contributed by atoms with Crippen LogP contribution in [-0.4, -0.2) is 52.1 Å². The molecule has 7 heteroatoms. The van der Waals surface area contributed by atoms with E-state index in [1.807, 2.05) is 18.7 Å². The van der Waals surface area contributed by atoms with Crippen LogP contribution in [0.1, 0.15) is 51.2 Å². The second kappa shape index (κ2) is 12.3. The van der Waals surface area contributed by atoms with Crippen molar-refractivity contribution in [3.05, 3.63) is 54.1 Å². The lowest BCUT2D eigenvalue weighted by molar-refractivity contribution is 0.0982. The molecule has 1 saturated heterocycles. The maximum atomic E-state index is 4.83. The van der Waals surface area contributed by atoms with Crippen molar-refractivity contribution in [3.8, 4) is 0 Å². The average molecular weight is 524 g/mol. The van der Waals surface area contributed by atoms with E-state index in [0.717, 1.165) is 25.6 Å². The number of likely N-dealkylation sites (tertiary alicyclic amines) is 1. The number of hydrogen-bond acceptors (Lipinski definition) is 3. The smallest absolute Gasteiger partial charge is 0.191 e. The molecule has 0 radical (unpaired) electrons. The number of piperidine rings is 1. The van der Waals surface area contributed by atoms with Gasteiger partial charge in [0.1, 0.15) is 0 Å². The van der Waals surface area contributed by atoms with Crippen LogP contribution in [0.25, 0.3) is 0 Å². The molecule has 6 nitrogen and oxygen atoms in total. The predicted octanol–water partition coefficient (Wildman–Crippen LogP) is 3.87. The van der Waals surface area contributed by atoms with E-state index in [4.69, 9.17) is 4.99 Å². The number of hydrogen-bond donors (Lipinski definition) is 2. The van der Waals surface area contributed by atoms with E-state index in [2.05, 4.69) is 70.1 Å². The van der Waals surface area contributed by atoms with E-state index in [0.29, 0.717) is 6.54 Å². The van der Waals surface area contributed by atoms with Crippen molar-refractivity contribution in [3.63, 3.8) is 0 Å². The molecular weight excluding hydrogens is 487 g/mol. The van der Waals surface area contributed by atoms with E-state index >= 15 is 0 Å². The molecule has 2 N–H and O–H groups in total. The molecular formula is C23H37IN6. The maximum Gasteiger partial charge on any atom is 0.191 e. The highest BCUT2D eigenvalue weighted by atomic mass is 127. The van der Waals surface area contributed by atoms with Crippen molar-refractivity contribution in [1.29, 1.82) is 0 Å². The molecule has 0 aliphatic carbocycles. The summed E-state index contributed by atoms with van der Waals surface area (Å²) in [5, 5.41) is 6.95. The van der Waals surface area contributed by atoms with Gasteiger partial charge in [0, 0.05) is 37.6 Å². The minimum atomic E-state index is 0. The molecule has 1 aliphatic heterocycles. The lowest BCUT2D eigenvalue weighted by Gasteiger charge is -2.41. The van der Waals surface area contributed by atoms with Crippen LogP contribution >= 0.6 is 24.0 Å². The Hall–Kier alpha value is -1.61. The molecule has 2 heterocycles. The maximum absolute atomic E-state index is 4.83. The van der Waals surface area contributed by atoms with Crippen molar-refractivity contribution in [1.82, 2.24) is 25.1 Å². The largest absolute Gasteiger partial charge is 0.357 e. The van der Waals surface area contributed by atoms with E-state index in [-0.39, 0.29) is 29.5 Å². The number of nitrogens with one attached hydrogen (secondary N) is 2. The molecule has 30 heavy (non-hydrogen) atoms. The van der Waals surface area contributed by atoms with Crippen molar-refractivity contribution in [2.24, 2.45) is 4.99 Å². The third-order valence-electron chi connectivity index (χ3n) is 5.58. The molecule has 0 amide bonds. The first-order valence-corrected chi connectivity index (χ1v) is 10.9. The Morgan fingerprint density at radius 1 is 1.13 bits per heavy atom. The molecule has 1 aromatic carbocycles. The number of aromatic nitrogens is 2. The highest BCUT2D eigenvalue weighted by Crippen LogP contribution is 2.19. The van der Waals surface area contributed by atoms with Crippen LogP contribution in [0.15, 0.2) is 48.0 Å². The number of imidazole rings is 1. The van der Waals surface area contributed by atoms with Gasteiger partial charge in [0.15, 0.2) is 5.96 Å². The minimum Gasteiger partial charge on any atom is -0.357 e. The lowest BCUT2D eigenvalue weighted by atomic mass is 9.98. The van der Waals surface area contributed by atoms with Crippen molar-refractivity contribution < 1.29 is 0 Å². The number of nitrogens with zero attached hydrogens (tertiary/aromatic N) is 4. The summed E-state index contributed by atoms with van der Waals surface area (Å²) in [4.78, 5) is 11.5. The fourth-order valence-corrected chi connectivity index (χ4v) is 3.84. The van der Waals surface area contributed by atoms with Gasteiger partial charge < -0.3 is 15.2 Å². The summed E-state index contributed by atoms with van der Waals surface area (Å²) in [5.41, 5.74) is 2.61. The van der Waals surface area contributed by atoms with Gasteiger partial charge in [-0.2, -0.15) is 0 Å². The molecule has 2 aromatic rings. The number of rotatable bonds is 8. The Morgan fingerprint density at radius 2 is 1.90 bits per heavy atom. The van der Waals surface area contributed by atoms with Crippen molar-refractivity contribution in [2.45, 2.75) is 58.7 Å². The molecule has 0 atom stereocenters. The molecule has 1 fully saturated rings. The highest BCUT2D eigenvalue weighted by Gasteiger charge is 2.27. The van der Waals surface area contributed by atoms with Gasteiger partial charge in [0.2, 0.25) is 0 Å². The molecule has 0 spiro atoms. The van der Waals surface area contributed by atoms with Crippen LogP contribution in [0.2, 0.25) is 0 Å². The second-order valence-corrected chi connectivity index (χ2v) is 8.46. The SMILES string of the molecule is CCNC(=NCc1cccc(Cn2ccnc2)c1)NCC(C)(C)N1CCCCC1.I. The van der Waals surface area contributed by atoms with Crippen LogP contribution in [0.4, 0.5) is 0 Å². The Labute approximate surface area is 198 Å². The molecule has 0 saturated carbocycles. The van der Waals surface area contributed by atoms with Crippen LogP contribution < -0.4 is 10.6 Å². The zero-order valence-corrected chi connectivity index (χ0v) is 20.9. The topological polar surface area (TPSA) is 57.5 Å². The molecule has 3 rings (SSSR count). The van der Waals surface area contributed by atoms with E-state index in [1.54, 1.807) is 0 Å². The summed E-state index contributed by atoms with van der Waals surface area (Å²) in [6, 6.07) is 8.63. The fraction of sp³-hybridized carbons (Fsp3) is 0.565. The van der Waals surface area contributed by atoms with Crippen molar-refractivity contribution >= 4 is 29.9 Å². The lowest BCUT2D eigenvalue weighted by Crippen LogP contribution is -2.54. The first-order chi connectivity index (χ1) is 14.1. The van der Waals surface area contributed by atoms with Gasteiger partial charge in [-0.3, -0.25) is 4.90 Å². The Balaban J connectivity index is 0.00000320. The summed E-state index contributed by atoms with van der Waals surface area (Å²) < 4.78 is 2.08. The number of benzene rings is 1. The van der Waals surface area contributed by atoms with Gasteiger partial charge in [-0.1, -0.05) is 30.7 Å². The molecule has 0 unspecified atom stereocenters. The highest BCUT2D eigenvalue weighted by molar-refractivity contribution is 14.0. The first-order valence-electron chi connectivity index (χ1n) is 10.9. The molecule has 1 aliphatic rings. The molecule has 1 aromatic heterocycles. The fourth-order valence-electron chi connectivity index (χ4n) is 3.84. The van der Waals surface area contributed by atoms with Crippen LogP contribution in [0.5, 0.6) is 0 Å². The summed E-state index contributed by atoms with van der Waals surface area (Å²) in [6.07, 6.45) is 9.64. The van der Waals surface area contributed by atoms with Crippen LogP contribution in [-0.2, 0) is 13.1 Å². The van der Waals surface area contributed by atoms with E-state index < -0.39 is 0 Å². The first kappa shape index (κ1) is 24.7. The van der Waals surface area contributed by atoms with E-state index in [9.17, 15) is 0 Å². The predicted molar refractivity (Wildman–Crippen MR) is 136 cm³/mol. The Kier molecular flexibility index (Phi) is 10.1. The van der Waals surface area contributed by atoms with Crippen molar-refractivity contribution in [2.75, 3.05) is 26.2 Å². The summed E-state index contributed by atoms with van der Waals surface area (Å²) in [6.45, 7) is 12.4. The number of halogens is 1.